The van der Waals surface area contributed by atoms with Crippen molar-refractivity contribution in [1.29, 1.82) is 0 Å². The maximum absolute atomic E-state index is 13.4. The topological polar surface area (TPSA) is 307 Å². The van der Waals surface area contributed by atoms with Crippen LogP contribution in [0.1, 0.15) is 245 Å². The highest BCUT2D eigenvalue weighted by Crippen LogP contribution is 2.33. The number of carbonyl (C=O) groups is 1. The molecule has 3 rings (SSSR count). The van der Waals surface area contributed by atoms with Gasteiger partial charge in [-0.3, -0.25) is 4.79 Å². The lowest BCUT2D eigenvalue weighted by Gasteiger charge is -2.48. The lowest BCUT2D eigenvalue weighted by atomic mass is 9.96. The molecule has 0 aromatic heterocycles. The molecule has 0 aliphatic carbocycles. The van der Waals surface area contributed by atoms with E-state index >= 15 is 0 Å². The Morgan fingerprint density at radius 3 is 1.12 bits per heavy atom. The highest BCUT2D eigenvalue weighted by atomic mass is 16.8. The Labute approximate surface area is 547 Å². The first kappa shape index (κ1) is 82.5. The third-order valence-electron chi connectivity index (χ3n) is 17.6. The Kier molecular flexibility index (Phi) is 48.4. The summed E-state index contributed by atoms with van der Waals surface area (Å²) in [6.45, 7) is 1.64. The molecule has 0 aromatic rings. The average molecular weight is 1290 g/mol. The molecular weight excluding hydrogens is 1170 g/mol. The Bertz CT molecular complexity index is 1930. The van der Waals surface area contributed by atoms with Crippen molar-refractivity contribution in [3.8, 4) is 0 Å². The summed E-state index contributed by atoms with van der Waals surface area (Å²) in [5.41, 5.74) is 0. The number of rotatable bonds is 54. The summed E-state index contributed by atoms with van der Waals surface area (Å²) in [7, 11) is 0. The van der Waals surface area contributed by atoms with Crippen LogP contribution in [0.3, 0.4) is 0 Å². The quantitative estimate of drug-likeness (QED) is 0.0199. The fourth-order valence-electron chi connectivity index (χ4n) is 11.8. The van der Waals surface area contributed by atoms with E-state index in [1.54, 1.807) is 0 Å². The first-order chi connectivity index (χ1) is 44.3. The Hall–Kier alpha value is -2.77. The van der Waals surface area contributed by atoms with Crippen molar-refractivity contribution in [2.75, 3.05) is 26.4 Å². The monoisotopic (exact) mass is 1290 g/mol. The zero-order chi connectivity index (χ0) is 66.1. The average Bonchev–Trinajstić information content (AvgIpc) is 0.886. The number of aliphatic hydroxyl groups excluding tert-OH is 11. The van der Waals surface area contributed by atoms with E-state index in [0.29, 0.717) is 25.7 Å². The van der Waals surface area contributed by atoms with Gasteiger partial charge in [-0.25, -0.2) is 0 Å². The van der Waals surface area contributed by atoms with Crippen molar-refractivity contribution in [2.24, 2.45) is 0 Å². The molecule has 3 fully saturated rings. The Morgan fingerprint density at radius 2 is 0.736 bits per heavy atom. The second-order valence-electron chi connectivity index (χ2n) is 25.3. The highest BCUT2D eigenvalue weighted by Gasteiger charge is 2.53. The van der Waals surface area contributed by atoms with E-state index in [1.807, 2.05) is 12.2 Å². The first-order valence-electron chi connectivity index (χ1n) is 35.7. The van der Waals surface area contributed by atoms with Crippen LogP contribution in [0.2, 0.25) is 0 Å². The van der Waals surface area contributed by atoms with Crippen molar-refractivity contribution in [1.82, 2.24) is 5.32 Å². The molecule has 3 aliphatic rings. The van der Waals surface area contributed by atoms with Crippen LogP contribution in [0.25, 0.3) is 0 Å². The van der Waals surface area contributed by atoms with Crippen LogP contribution in [0.15, 0.2) is 72.9 Å². The summed E-state index contributed by atoms with van der Waals surface area (Å²) < 4.78 is 34.4. The van der Waals surface area contributed by atoms with E-state index in [1.165, 1.54) is 148 Å². The van der Waals surface area contributed by atoms with Gasteiger partial charge in [0.05, 0.1) is 38.6 Å². The molecule has 19 nitrogen and oxygen atoms in total. The number of ether oxygens (including phenoxy) is 6. The van der Waals surface area contributed by atoms with Crippen LogP contribution < -0.4 is 5.32 Å². The maximum Gasteiger partial charge on any atom is 0.220 e. The zero-order valence-electron chi connectivity index (χ0n) is 55.8. The third kappa shape index (κ3) is 35.2. The van der Waals surface area contributed by atoms with Crippen LogP contribution >= 0.6 is 0 Å². The molecular formula is C72H127NO18. The van der Waals surface area contributed by atoms with Crippen LogP contribution in [0.5, 0.6) is 0 Å². The second-order valence-corrected chi connectivity index (χ2v) is 25.3. The van der Waals surface area contributed by atoms with E-state index in [0.717, 1.165) is 51.4 Å². The fourth-order valence-corrected chi connectivity index (χ4v) is 11.8. The van der Waals surface area contributed by atoms with Gasteiger partial charge in [-0.15, -0.1) is 0 Å². The number of allylic oxidation sites excluding steroid dienone is 12. The predicted molar refractivity (Wildman–Crippen MR) is 355 cm³/mol. The number of nitrogens with one attached hydrogen (secondary N) is 1. The lowest BCUT2D eigenvalue weighted by molar-refractivity contribution is -0.379. The summed E-state index contributed by atoms with van der Waals surface area (Å²) in [4.78, 5) is 13.4. The van der Waals surface area contributed by atoms with Gasteiger partial charge < -0.3 is 89.9 Å². The number of unbranched alkanes of at least 4 members (excludes halogenated alkanes) is 26. The first-order valence-corrected chi connectivity index (χ1v) is 35.7. The lowest BCUT2D eigenvalue weighted by Crippen LogP contribution is -2.66. The Morgan fingerprint density at radius 1 is 0.407 bits per heavy atom. The number of hydrogen-bond acceptors (Lipinski definition) is 18. The fraction of sp³-hybridized carbons (Fsp3) is 0.819. The van der Waals surface area contributed by atoms with Gasteiger partial charge in [-0.05, 0) is 51.4 Å². The molecule has 0 aromatic carbocycles. The molecule has 12 N–H and O–H groups in total. The minimum absolute atomic E-state index is 0.138. The number of aliphatic hydroxyl groups is 11. The van der Waals surface area contributed by atoms with Crippen LogP contribution in [0.4, 0.5) is 0 Å². The molecule has 0 saturated carbocycles. The number of carbonyl (C=O) groups excluding carboxylic acids is 1. The van der Waals surface area contributed by atoms with Gasteiger partial charge in [0.2, 0.25) is 5.91 Å². The molecule has 17 atom stereocenters. The van der Waals surface area contributed by atoms with Gasteiger partial charge in [0.25, 0.3) is 0 Å². The molecule has 0 radical (unpaired) electrons. The van der Waals surface area contributed by atoms with Gasteiger partial charge in [0.1, 0.15) is 73.2 Å². The molecule has 3 aliphatic heterocycles. The van der Waals surface area contributed by atoms with E-state index in [4.69, 9.17) is 28.4 Å². The standard InChI is InChI=1S/C72H127NO18/c1-3-5-7-9-11-13-15-17-19-21-23-24-25-26-27-28-29-30-32-33-35-37-39-41-43-45-47-49-56(77)55(73-60(78)50-48-46-44-42-40-38-36-34-31-22-20-18-16-14-12-10-8-6-4-2)54-86-70-66(84)63(81)68(58(52-75)88-70)91-72-67(85)64(82)69(59(53-76)89-72)90-71-65(83)62(80)61(79)57(51-74)87-71/h6,8,12,14,18,20,31,34,38,40,44,46,55-59,61-72,74-77,79-85H,3-5,7,9-11,13,15-17,19,21-30,32-33,35-37,39,41-43,45,47-54H2,1-2H3,(H,73,78)/b8-6-,14-12-,20-18-,34-31-,40-38-,46-44-. The second kappa shape index (κ2) is 53.4. The molecule has 19 heteroatoms. The van der Waals surface area contributed by atoms with Gasteiger partial charge >= 0.3 is 0 Å². The predicted octanol–water partition coefficient (Wildman–Crippen LogP) is 9.72. The minimum Gasteiger partial charge on any atom is -0.394 e. The normalized spacial score (nSPS) is 28.3. The molecule has 0 bridgehead atoms. The molecule has 528 valence electrons. The summed E-state index contributed by atoms with van der Waals surface area (Å²) in [5, 5.41) is 121. The van der Waals surface area contributed by atoms with Crippen molar-refractivity contribution in [3.63, 3.8) is 0 Å². The van der Waals surface area contributed by atoms with Crippen LogP contribution in [-0.2, 0) is 33.2 Å². The van der Waals surface area contributed by atoms with Gasteiger partial charge in [0.15, 0.2) is 18.9 Å². The smallest absolute Gasteiger partial charge is 0.220 e. The maximum atomic E-state index is 13.4. The van der Waals surface area contributed by atoms with E-state index < -0.39 is 124 Å². The number of hydrogen-bond donors (Lipinski definition) is 12. The van der Waals surface area contributed by atoms with Gasteiger partial charge in [-0.2, -0.15) is 0 Å². The summed E-state index contributed by atoms with van der Waals surface area (Å²) in [6.07, 6.45) is 40.0. The SMILES string of the molecule is CC/C=C\C/C=C\C/C=C\C/C=C\C/C=C\C/C=C\CCC(=O)NC(COC1OC(CO)C(OC2OC(CO)C(OC3OC(CO)C(O)C(O)C3O)C(O)C2O)C(O)C1O)C(O)CCCCCCCCCCCCCCCCCCCCCCCCCCCCC. The summed E-state index contributed by atoms with van der Waals surface area (Å²) in [6, 6.07) is -0.933. The van der Waals surface area contributed by atoms with Crippen LogP contribution in [0, 0.1) is 0 Å². The molecule has 3 saturated heterocycles. The zero-order valence-corrected chi connectivity index (χ0v) is 55.8. The molecule has 17 unspecified atom stereocenters. The van der Waals surface area contributed by atoms with Crippen molar-refractivity contribution < 1.29 is 89.4 Å². The van der Waals surface area contributed by atoms with E-state index in [2.05, 4.69) is 79.9 Å². The van der Waals surface area contributed by atoms with Gasteiger partial charge in [-0.1, -0.05) is 260 Å². The molecule has 0 spiro atoms. The summed E-state index contributed by atoms with van der Waals surface area (Å²) >= 11 is 0. The highest BCUT2D eigenvalue weighted by molar-refractivity contribution is 5.76. The largest absolute Gasteiger partial charge is 0.394 e. The van der Waals surface area contributed by atoms with Crippen molar-refractivity contribution in [3.05, 3.63) is 72.9 Å². The van der Waals surface area contributed by atoms with Crippen LogP contribution in [-0.4, -0.2) is 193 Å². The number of amides is 1. The van der Waals surface area contributed by atoms with Crippen molar-refractivity contribution >= 4 is 5.91 Å². The molecule has 3 heterocycles. The molecule has 91 heavy (non-hydrogen) atoms. The van der Waals surface area contributed by atoms with E-state index in [9.17, 15) is 61.0 Å². The minimum atomic E-state index is -1.98. The van der Waals surface area contributed by atoms with E-state index in [-0.39, 0.29) is 18.9 Å². The van der Waals surface area contributed by atoms with Gasteiger partial charge in [0, 0.05) is 6.42 Å². The molecule has 1 amide bonds. The third-order valence-corrected chi connectivity index (χ3v) is 17.6. The Balaban J connectivity index is 1.43. The summed E-state index contributed by atoms with van der Waals surface area (Å²) in [5.74, 6) is -0.325. The van der Waals surface area contributed by atoms with Crippen molar-refractivity contribution in [2.45, 2.75) is 349 Å².